The molecule has 0 aliphatic rings. The maximum atomic E-state index is 13.0. The number of carbonyl (C=O) groups excluding carboxylic acids is 2. The summed E-state index contributed by atoms with van der Waals surface area (Å²) in [4.78, 5) is 29.4. The van der Waals surface area contributed by atoms with Crippen molar-refractivity contribution in [1.82, 2.24) is 4.98 Å². The summed E-state index contributed by atoms with van der Waals surface area (Å²) in [6.07, 6.45) is 0. The SMILES string of the molecule is COc1ccc(C(=O)Nc2ccc3nc(SCC(=O)Nc4ccc(F)cc4)sc3c2)cc1OC. The molecular formula is C24H20FN3O4S2. The number of methoxy groups -OCH3 is 2. The molecule has 0 fully saturated rings. The van der Waals surface area contributed by atoms with Crippen molar-refractivity contribution in [3.05, 3.63) is 72.0 Å². The number of nitrogens with one attached hydrogen (secondary N) is 2. The molecule has 3 aromatic carbocycles. The van der Waals surface area contributed by atoms with Crippen LogP contribution in [0.1, 0.15) is 10.4 Å². The molecule has 0 saturated heterocycles. The summed E-state index contributed by atoms with van der Waals surface area (Å²) in [5.41, 5.74) is 2.37. The average Bonchev–Trinajstić information content (AvgIpc) is 3.26. The van der Waals surface area contributed by atoms with E-state index in [9.17, 15) is 14.0 Å². The van der Waals surface area contributed by atoms with E-state index in [1.54, 1.807) is 24.3 Å². The van der Waals surface area contributed by atoms with E-state index >= 15 is 0 Å². The minimum atomic E-state index is -0.360. The van der Waals surface area contributed by atoms with Gasteiger partial charge in [0.2, 0.25) is 5.91 Å². The normalized spacial score (nSPS) is 10.7. The highest BCUT2D eigenvalue weighted by atomic mass is 32.2. The van der Waals surface area contributed by atoms with Gasteiger partial charge in [-0.25, -0.2) is 9.37 Å². The van der Waals surface area contributed by atoms with Crippen LogP contribution < -0.4 is 20.1 Å². The molecule has 4 aromatic rings. The van der Waals surface area contributed by atoms with E-state index < -0.39 is 0 Å². The number of benzene rings is 3. The van der Waals surface area contributed by atoms with Crippen molar-refractivity contribution in [3.63, 3.8) is 0 Å². The monoisotopic (exact) mass is 497 g/mol. The van der Waals surface area contributed by atoms with Gasteiger partial charge in [-0.1, -0.05) is 11.8 Å². The second kappa shape index (κ2) is 10.5. The van der Waals surface area contributed by atoms with Crippen LogP contribution >= 0.6 is 23.1 Å². The number of anilines is 2. The Morgan fingerprint density at radius 3 is 2.41 bits per heavy atom. The third kappa shape index (κ3) is 5.64. The fraction of sp³-hybridized carbons (Fsp3) is 0.125. The van der Waals surface area contributed by atoms with Gasteiger partial charge in [-0.15, -0.1) is 11.3 Å². The first-order chi connectivity index (χ1) is 16.4. The van der Waals surface area contributed by atoms with Gasteiger partial charge in [0.05, 0.1) is 30.2 Å². The molecule has 0 atom stereocenters. The van der Waals surface area contributed by atoms with E-state index in [1.807, 2.05) is 12.1 Å². The highest BCUT2D eigenvalue weighted by Crippen LogP contribution is 2.32. The maximum Gasteiger partial charge on any atom is 0.255 e. The predicted octanol–water partition coefficient (Wildman–Crippen LogP) is 5.44. The standard InChI is InChI=1S/C24H20FN3O4S2/c1-31-19-10-3-14(11-20(19)32-2)23(30)27-17-8-9-18-21(12-17)34-24(28-18)33-13-22(29)26-16-6-4-15(25)5-7-16/h3-12H,13H2,1-2H3,(H,26,29)(H,27,30). The lowest BCUT2D eigenvalue weighted by Gasteiger charge is -2.10. The van der Waals surface area contributed by atoms with Gasteiger partial charge < -0.3 is 20.1 Å². The fourth-order valence-corrected chi connectivity index (χ4v) is 4.99. The van der Waals surface area contributed by atoms with Crippen LogP contribution in [0.4, 0.5) is 15.8 Å². The molecular weight excluding hydrogens is 477 g/mol. The molecule has 2 N–H and O–H groups in total. The number of aromatic nitrogens is 1. The van der Waals surface area contributed by atoms with E-state index in [0.717, 1.165) is 14.6 Å². The Balaban J connectivity index is 1.39. The number of thiazole rings is 1. The second-order valence-corrected chi connectivity index (χ2v) is 9.28. The largest absolute Gasteiger partial charge is 0.493 e. The third-order valence-electron chi connectivity index (χ3n) is 4.73. The number of hydrogen-bond donors (Lipinski definition) is 2. The number of rotatable bonds is 8. The van der Waals surface area contributed by atoms with Gasteiger partial charge in [0.15, 0.2) is 15.8 Å². The van der Waals surface area contributed by atoms with Gasteiger partial charge in [0, 0.05) is 16.9 Å². The maximum absolute atomic E-state index is 13.0. The van der Waals surface area contributed by atoms with Crippen molar-refractivity contribution in [3.8, 4) is 11.5 Å². The number of halogens is 1. The molecule has 4 rings (SSSR count). The van der Waals surface area contributed by atoms with E-state index in [4.69, 9.17) is 9.47 Å². The lowest BCUT2D eigenvalue weighted by Crippen LogP contribution is -2.13. The molecule has 1 heterocycles. The van der Waals surface area contributed by atoms with Crippen LogP contribution in [0.25, 0.3) is 10.2 Å². The van der Waals surface area contributed by atoms with Crippen molar-refractivity contribution in [2.24, 2.45) is 0 Å². The minimum absolute atomic E-state index is 0.167. The Bertz CT molecular complexity index is 1340. The van der Waals surface area contributed by atoms with Crippen LogP contribution in [0.15, 0.2) is 65.0 Å². The van der Waals surface area contributed by atoms with E-state index in [1.165, 1.54) is 61.6 Å². The van der Waals surface area contributed by atoms with E-state index in [-0.39, 0.29) is 23.4 Å². The van der Waals surface area contributed by atoms with Gasteiger partial charge >= 0.3 is 0 Å². The zero-order valence-electron chi connectivity index (χ0n) is 18.3. The average molecular weight is 498 g/mol. The van der Waals surface area contributed by atoms with Crippen molar-refractivity contribution in [2.45, 2.75) is 4.34 Å². The molecule has 2 amide bonds. The number of hydrogen-bond acceptors (Lipinski definition) is 7. The Labute approximate surface area is 203 Å². The summed E-state index contributed by atoms with van der Waals surface area (Å²) in [7, 11) is 3.05. The zero-order chi connectivity index (χ0) is 24.1. The molecule has 0 aliphatic heterocycles. The number of amides is 2. The summed E-state index contributed by atoms with van der Waals surface area (Å²) in [6.45, 7) is 0. The van der Waals surface area contributed by atoms with Gasteiger partial charge in [-0.05, 0) is 60.7 Å². The lowest BCUT2D eigenvalue weighted by molar-refractivity contribution is -0.113. The highest BCUT2D eigenvalue weighted by Gasteiger charge is 2.13. The third-order valence-corrected chi connectivity index (χ3v) is 6.89. The first-order valence-electron chi connectivity index (χ1n) is 10.1. The number of fused-ring (bicyclic) bond motifs is 1. The predicted molar refractivity (Wildman–Crippen MR) is 133 cm³/mol. The van der Waals surface area contributed by atoms with Crippen LogP contribution in [-0.4, -0.2) is 36.8 Å². The summed E-state index contributed by atoms with van der Waals surface area (Å²) >= 11 is 2.74. The summed E-state index contributed by atoms with van der Waals surface area (Å²) < 4.78 is 25.1. The summed E-state index contributed by atoms with van der Waals surface area (Å²) in [5, 5.41) is 5.60. The molecule has 0 aliphatic carbocycles. The van der Waals surface area contributed by atoms with E-state index in [2.05, 4.69) is 15.6 Å². The minimum Gasteiger partial charge on any atom is -0.493 e. The number of thioether (sulfide) groups is 1. The molecule has 174 valence electrons. The fourth-order valence-electron chi connectivity index (χ4n) is 3.08. The topological polar surface area (TPSA) is 89.5 Å². The second-order valence-electron chi connectivity index (χ2n) is 7.03. The van der Waals surface area contributed by atoms with E-state index in [0.29, 0.717) is 28.4 Å². The quantitative estimate of drug-likeness (QED) is 0.315. The van der Waals surface area contributed by atoms with Gasteiger partial charge in [-0.2, -0.15) is 0 Å². The van der Waals surface area contributed by atoms with Crippen LogP contribution in [0, 0.1) is 5.82 Å². The van der Waals surface area contributed by atoms with Gasteiger partial charge in [0.1, 0.15) is 5.82 Å². The van der Waals surface area contributed by atoms with Crippen LogP contribution in [0.5, 0.6) is 11.5 Å². The first kappa shape index (κ1) is 23.5. The van der Waals surface area contributed by atoms with Crippen LogP contribution in [0.2, 0.25) is 0 Å². The number of carbonyl (C=O) groups is 2. The molecule has 0 unspecified atom stereocenters. The van der Waals surface area contributed by atoms with Crippen molar-refractivity contribution >= 4 is 56.5 Å². The van der Waals surface area contributed by atoms with Crippen LogP contribution in [-0.2, 0) is 4.79 Å². The molecule has 0 radical (unpaired) electrons. The molecule has 0 spiro atoms. The van der Waals surface area contributed by atoms with Crippen molar-refractivity contribution in [1.29, 1.82) is 0 Å². The Kier molecular flexibility index (Phi) is 7.29. The Hall–Kier alpha value is -3.63. The number of ether oxygens (including phenoxy) is 2. The zero-order valence-corrected chi connectivity index (χ0v) is 19.9. The molecule has 10 heteroatoms. The molecule has 1 aromatic heterocycles. The molecule has 7 nitrogen and oxygen atoms in total. The van der Waals surface area contributed by atoms with Crippen molar-refractivity contribution in [2.75, 3.05) is 30.6 Å². The summed E-state index contributed by atoms with van der Waals surface area (Å²) in [6, 6.07) is 16.0. The highest BCUT2D eigenvalue weighted by molar-refractivity contribution is 8.01. The van der Waals surface area contributed by atoms with Gasteiger partial charge in [-0.3, -0.25) is 9.59 Å². The smallest absolute Gasteiger partial charge is 0.255 e. The van der Waals surface area contributed by atoms with Gasteiger partial charge in [0.25, 0.3) is 5.91 Å². The number of nitrogens with zero attached hydrogens (tertiary/aromatic N) is 1. The first-order valence-corrected chi connectivity index (χ1v) is 11.9. The van der Waals surface area contributed by atoms with Crippen LogP contribution in [0.3, 0.4) is 0 Å². The molecule has 34 heavy (non-hydrogen) atoms. The molecule has 0 bridgehead atoms. The van der Waals surface area contributed by atoms with Crippen molar-refractivity contribution < 1.29 is 23.5 Å². The summed E-state index contributed by atoms with van der Waals surface area (Å²) in [5.74, 6) is 0.330. The molecule has 0 saturated carbocycles. The lowest BCUT2D eigenvalue weighted by atomic mass is 10.2. The Morgan fingerprint density at radius 2 is 1.68 bits per heavy atom. The Morgan fingerprint density at radius 1 is 0.941 bits per heavy atom.